The molecule has 0 saturated heterocycles. The zero-order valence-electron chi connectivity index (χ0n) is 10.5. The average Bonchev–Trinajstić information content (AvgIpc) is 2.29. The fourth-order valence-corrected chi connectivity index (χ4v) is 1.64. The molecule has 1 aromatic carbocycles. The molecule has 1 rings (SSSR count). The Morgan fingerprint density at radius 1 is 1.12 bits per heavy atom. The van der Waals surface area contributed by atoms with Crippen LogP contribution in [-0.4, -0.2) is 18.2 Å². The molecule has 0 aliphatic heterocycles. The summed E-state index contributed by atoms with van der Waals surface area (Å²) in [5.41, 5.74) is 2.31. The highest BCUT2D eigenvalue weighted by molar-refractivity contribution is 5.26. The lowest BCUT2D eigenvalue weighted by Crippen LogP contribution is -2.22. The van der Waals surface area contributed by atoms with E-state index in [9.17, 15) is 5.11 Å². The van der Waals surface area contributed by atoms with Crippen LogP contribution in [0.25, 0.3) is 0 Å². The molecule has 0 heterocycles. The molecular formula is C14H23NO. The van der Waals surface area contributed by atoms with E-state index in [1.807, 2.05) is 12.1 Å². The molecule has 0 spiro atoms. The van der Waals surface area contributed by atoms with Gasteiger partial charge < -0.3 is 10.4 Å². The molecule has 0 aliphatic carbocycles. The third-order valence-electron chi connectivity index (χ3n) is 2.75. The minimum atomic E-state index is -0.396. The van der Waals surface area contributed by atoms with Gasteiger partial charge in [0.05, 0.1) is 6.10 Å². The molecule has 0 fully saturated rings. The molecule has 0 aliphatic rings. The standard InChI is InChI=1S/C14H23NO/c1-4-9-15-10-14(16)13-7-5-12(6-8-13)11(2)3/h5-8,11,14-16H,4,9-10H2,1-3H3. The van der Waals surface area contributed by atoms with Crippen molar-refractivity contribution in [3.63, 3.8) is 0 Å². The van der Waals surface area contributed by atoms with Crippen LogP contribution in [0.3, 0.4) is 0 Å². The van der Waals surface area contributed by atoms with Crippen molar-refractivity contribution in [3.8, 4) is 0 Å². The van der Waals surface area contributed by atoms with Crippen molar-refractivity contribution in [2.75, 3.05) is 13.1 Å². The maximum Gasteiger partial charge on any atom is 0.0914 e. The van der Waals surface area contributed by atoms with Gasteiger partial charge in [-0.25, -0.2) is 0 Å². The Bertz CT molecular complexity index is 292. The number of rotatable bonds is 6. The van der Waals surface area contributed by atoms with Crippen molar-refractivity contribution in [1.29, 1.82) is 0 Å². The van der Waals surface area contributed by atoms with Gasteiger partial charge in [-0.05, 0) is 30.0 Å². The van der Waals surface area contributed by atoms with Crippen LogP contribution in [0.5, 0.6) is 0 Å². The highest BCUT2D eigenvalue weighted by atomic mass is 16.3. The van der Waals surface area contributed by atoms with Gasteiger partial charge in [-0.15, -0.1) is 0 Å². The molecule has 0 aromatic heterocycles. The van der Waals surface area contributed by atoms with E-state index in [0.717, 1.165) is 18.5 Å². The first-order valence-corrected chi connectivity index (χ1v) is 6.13. The molecule has 1 unspecified atom stereocenters. The number of aliphatic hydroxyl groups excluding tert-OH is 1. The number of hydrogen-bond acceptors (Lipinski definition) is 2. The molecule has 0 saturated carbocycles. The van der Waals surface area contributed by atoms with Crippen LogP contribution in [-0.2, 0) is 0 Å². The number of hydrogen-bond donors (Lipinski definition) is 2. The summed E-state index contributed by atoms with van der Waals surface area (Å²) in [6.07, 6.45) is 0.701. The SMILES string of the molecule is CCCNCC(O)c1ccc(C(C)C)cc1. The lowest BCUT2D eigenvalue weighted by molar-refractivity contribution is 0.175. The molecular weight excluding hydrogens is 198 g/mol. The molecule has 2 nitrogen and oxygen atoms in total. The number of nitrogens with one attached hydrogen (secondary N) is 1. The van der Waals surface area contributed by atoms with Gasteiger partial charge in [0, 0.05) is 6.54 Å². The zero-order chi connectivity index (χ0) is 12.0. The Balaban J connectivity index is 2.52. The predicted octanol–water partition coefficient (Wildman–Crippen LogP) is 2.84. The lowest BCUT2D eigenvalue weighted by atomic mass is 10.00. The summed E-state index contributed by atoms with van der Waals surface area (Å²) in [7, 11) is 0. The predicted molar refractivity (Wildman–Crippen MR) is 68.7 cm³/mol. The first-order chi connectivity index (χ1) is 7.65. The van der Waals surface area contributed by atoms with Crippen LogP contribution < -0.4 is 5.32 Å². The van der Waals surface area contributed by atoms with Crippen molar-refractivity contribution >= 4 is 0 Å². The largest absolute Gasteiger partial charge is 0.387 e. The van der Waals surface area contributed by atoms with E-state index in [-0.39, 0.29) is 0 Å². The minimum Gasteiger partial charge on any atom is -0.387 e. The van der Waals surface area contributed by atoms with Crippen molar-refractivity contribution in [2.24, 2.45) is 0 Å². The van der Waals surface area contributed by atoms with Gasteiger partial charge in [0.25, 0.3) is 0 Å². The van der Waals surface area contributed by atoms with E-state index >= 15 is 0 Å². The molecule has 0 radical (unpaired) electrons. The Hall–Kier alpha value is -0.860. The van der Waals surface area contributed by atoms with Gasteiger partial charge in [0.15, 0.2) is 0 Å². The maximum absolute atomic E-state index is 9.91. The van der Waals surface area contributed by atoms with E-state index in [4.69, 9.17) is 0 Å². The molecule has 1 aromatic rings. The summed E-state index contributed by atoms with van der Waals surface area (Å²) < 4.78 is 0. The van der Waals surface area contributed by atoms with Gasteiger partial charge in [-0.2, -0.15) is 0 Å². The summed E-state index contributed by atoms with van der Waals surface area (Å²) >= 11 is 0. The summed E-state index contributed by atoms with van der Waals surface area (Å²) in [6, 6.07) is 8.24. The molecule has 0 amide bonds. The summed E-state index contributed by atoms with van der Waals surface area (Å²) in [6.45, 7) is 8.06. The summed E-state index contributed by atoms with van der Waals surface area (Å²) in [5.74, 6) is 0.546. The molecule has 2 heteroatoms. The van der Waals surface area contributed by atoms with Crippen molar-refractivity contribution in [1.82, 2.24) is 5.32 Å². The van der Waals surface area contributed by atoms with Gasteiger partial charge in [-0.3, -0.25) is 0 Å². The van der Waals surface area contributed by atoms with E-state index in [2.05, 4.69) is 38.2 Å². The highest BCUT2D eigenvalue weighted by Gasteiger charge is 2.07. The third kappa shape index (κ3) is 3.95. The van der Waals surface area contributed by atoms with E-state index in [0.29, 0.717) is 12.5 Å². The maximum atomic E-state index is 9.91. The number of benzene rings is 1. The van der Waals surface area contributed by atoms with Crippen LogP contribution in [0.2, 0.25) is 0 Å². The molecule has 1 atom stereocenters. The molecule has 90 valence electrons. The topological polar surface area (TPSA) is 32.3 Å². The van der Waals surface area contributed by atoms with Gasteiger partial charge in [-0.1, -0.05) is 45.0 Å². The van der Waals surface area contributed by atoms with Crippen molar-refractivity contribution < 1.29 is 5.11 Å². The van der Waals surface area contributed by atoms with Gasteiger partial charge in [0.2, 0.25) is 0 Å². The lowest BCUT2D eigenvalue weighted by Gasteiger charge is -2.13. The van der Waals surface area contributed by atoms with Crippen LogP contribution in [0.4, 0.5) is 0 Å². The fraction of sp³-hybridized carbons (Fsp3) is 0.571. The first kappa shape index (κ1) is 13.2. The van der Waals surface area contributed by atoms with Crippen LogP contribution in [0.1, 0.15) is 50.3 Å². The molecule has 2 N–H and O–H groups in total. The van der Waals surface area contributed by atoms with E-state index < -0.39 is 6.10 Å². The van der Waals surface area contributed by atoms with Crippen molar-refractivity contribution in [3.05, 3.63) is 35.4 Å². The molecule has 16 heavy (non-hydrogen) atoms. The Kier molecular flexibility index (Phi) is 5.50. The summed E-state index contributed by atoms with van der Waals surface area (Å²) in [4.78, 5) is 0. The Labute approximate surface area is 98.7 Å². The second kappa shape index (κ2) is 6.66. The Morgan fingerprint density at radius 3 is 2.19 bits per heavy atom. The minimum absolute atomic E-state index is 0.396. The van der Waals surface area contributed by atoms with Gasteiger partial charge >= 0.3 is 0 Å². The second-order valence-corrected chi connectivity index (χ2v) is 4.54. The van der Waals surface area contributed by atoms with Crippen molar-refractivity contribution in [2.45, 2.75) is 39.2 Å². The van der Waals surface area contributed by atoms with Crippen LogP contribution in [0.15, 0.2) is 24.3 Å². The highest BCUT2D eigenvalue weighted by Crippen LogP contribution is 2.18. The van der Waals surface area contributed by atoms with E-state index in [1.54, 1.807) is 0 Å². The monoisotopic (exact) mass is 221 g/mol. The summed E-state index contributed by atoms with van der Waals surface area (Å²) in [5, 5.41) is 13.1. The van der Waals surface area contributed by atoms with Crippen LogP contribution >= 0.6 is 0 Å². The first-order valence-electron chi connectivity index (χ1n) is 6.13. The number of aliphatic hydroxyl groups is 1. The smallest absolute Gasteiger partial charge is 0.0914 e. The van der Waals surface area contributed by atoms with E-state index in [1.165, 1.54) is 5.56 Å². The average molecular weight is 221 g/mol. The Morgan fingerprint density at radius 2 is 1.69 bits per heavy atom. The second-order valence-electron chi connectivity index (χ2n) is 4.54. The fourth-order valence-electron chi connectivity index (χ4n) is 1.64. The van der Waals surface area contributed by atoms with Gasteiger partial charge in [0.1, 0.15) is 0 Å². The third-order valence-corrected chi connectivity index (χ3v) is 2.75. The molecule has 0 bridgehead atoms. The zero-order valence-corrected chi connectivity index (χ0v) is 10.5. The quantitative estimate of drug-likeness (QED) is 0.724. The normalized spacial score (nSPS) is 13.1. The van der Waals surface area contributed by atoms with Crippen LogP contribution in [0, 0.1) is 0 Å².